The molecule has 4 saturated heterocycles. The Hall–Kier alpha value is -13.6. The zero-order valence-corrected chi connectivity index (χ0v) is 91.2. The first-order chi connectivity index (χ1) is 69.2. The minimum absolute atomic E-state index is 0. The van der Waals surface area contributed by atoms with Crippen LogP contribution in [0.25, 0.3) is 0 Å². The summed E-state index contributed by atoms with van der Waals surface area (Å²) in [6.45, 7) is 31.1. The summed E-state index contributed by atoms with van der Waals surface area (Å²) in [6.07, 6.45) is 9.04. The first-order valence-corrected chi connectivity index (χ1v) is 48.0. The van der Waals surface area contributed by atoms with Crippen molar-refractivity contribution >= 4 is 132 Å². The molecule has 4 heterocycles. The van der Waals surface area contributed by atoms with Crippen LogP contribution in [-0.4, -0.2) is 321 Å². The number of likely N-dealkylation sites (tertiary alicyclic amines) is 4. The van der Waals surface area contributed by atoms with Crippen molar-refractivity contribution in [2.45, 2.75) is 235 Å². The highest BCUT2D eigenvalue weighted by molar-refractivity contribution is 9.10. The number of carboxylic acid groups (broad SMARTS) is 1. The fourth-order valence-electron chi connectivity index (χ4n) is 15.1. The number of esters is 8. The van der Waals surface area contributed by atoms with Crippen molar-refractivity contribution in [3.05, 3.63) is 131 Å². The minimum atomic E-state index is -1.87. The number of ether oxygens (including phenoxy) is 12. The Kier molecular flexibility index (Phi) is 78.1. The smallest absolute Gasteiger partial charge is 0.373 e. The van der Waals surface area contributed by atoms with Gasteiger partial charge in [0.2, 0.25) is 46.2 Å². The number of likely N-dealkylation sites (N-methyl/N-ethyl adjacent to an activating group) is 6. The van der Waals surface area contributed by atoms with Gasteiger partial charge in [-0.25, -0.2) is 28.8 Å². The molecular weight excluding hydrogens is 2000 g/mol. The molecule has 4 aliphatic rings. The molecular formula is C103H155BBrN8O35. The Morgan fingerprint density at radius 1 is 0.473 bits per heavy atom. The van der Waals surface area contributed by atoms with Crippen LogP contribution < -0.4 is 34.9 Å². The number of aliphatic hydroxyl groups is 1. The molecule has 5 N–H and O–H groups in total. The lowest BCUT2D eigenvalue weighted by Crippen LogP contribution is -2.63. The van der Waals surface area contributed by atoms with Crippen molar-refractivity contribution in [2.24, 2.45) is 23.7 Å². The van der Waals surface area contributed by atoms with E-state index in [0.717, 1.165) is 41.2 Å². The maximum absolute atomic E-state index is 13.1. The first-order valence-electron chi connectivity index (χ1n) is 47.0. The second-order valence-corrected chi connectivity index (χ2v) is 32.8. The van der Waals surface area contributed by atoms with Gasteiger partial charge in [-0.05, 0) is 136 Å². The number of nitrogens with zero attached hydrogens (tertiary/aromatic N) is 5. The van der Waals surface area contributed by atoms with E-state index in [0.29, 0.717) is 48.4 Å². The molecule has 4 aromatic rings. The van der Waals surface area contributed by atoms with Crippen LogP contribution in [0.5, 0.6) is 23.0 Å². The van der Waals surface area contributed by atoms with Crippen LogP contribution in [0, 0.1) is 23.7 Å². The van der Waals surface area contributed by atoms with E-state index >= 15 is 0 Å². The number of carboxylic acids is 1. The predicted octanol–water partition coefficient (Wildman–Crippen LogP) is 8.50. The maximum Gasteiger partial charge on any atom is 0.373 e. The number of aryl methyl sites for hydroxylation is 1. The lowest BCUT2D eigenvalue weighted by molar-refractivity contribution is -0.193. The Labute approximate surface area is 879 Å². The first kappa shape index (κ1) is 145. The molecule has 45 heteroatoms. The number of rotatable bonds is 36. The summed E-state index contributed by atoms with van der Waals surface area (Å²) in [4.78, 5) is 232. The number of aliphatic carboxylic acids is 1. The van der Waals surface area contributed by atoms with Crippen molar-refractivity contribution < 1.29 is 168 Å². The second kappa shape index (κ2) is 79.6. The van der Waals surface area contributed by atoms with E-state index in [-0.39, 0.29) is 176 Å². The molecule has 4 fully saturated rings. The van der Waals surface area contributed by atoms with E-state index in [1.807, 2.05) is 57.8 Å². The Morgan fingerprint density at radius 3 is 1.11 bits per heavy atom. The van der Waals surface area contributed by atoms with Crippen LogP contribution in [0.15, 0.2) is 109 Å². The SMILES string of the molecule is C.C/C=C/C(=O)OC.CCCc1ccccc1.CCOC(=O)C(Br)CC.CCOC(=O)C(CC)N(C)Cc1ccccc1.CCOC(=O)C(CC)NC.CCOC(=O)C1(C(=O)NCc2ccc(OC)cc2OC)C(C)CC(=O)N1C.CCOC(=O)C1(C(=O)O)C(C)CC(=O)N1C.CCOC(=O)C1(C(=O)OCC)C(C)CC(=O)N1C.COc1ccc(CNC(=O)C2(CO)C(C)CC(=O)N2C)c(OC)c1.O=C=O.O=C=O.O=C=O.[B]. The number of allylic oxidation sites excluding steroid dienone is 1. The number of hydrogen-bond donors (Lipinski definition) is 5. The monoisotopic (exact) mass is 2150 g/mol. The van der Waals surface area contributed by atoms with E-state index in [1.165, 1.54) is 75.2 Å². The van der Waals surface area contributed by atoms with Crippen LogP contribution in [0.2, 0.25) is 0 Å². The quantitative estimate of drug-likeness (QED) is 0.00711. The molecule has 8 rings (SSSR count). The molecule has 0 aromatic heterocycles. The van der Waals surface area contributed by atoms with Crippen molar-refractivity contribution in [2.75, 3.05) is 131 Å². The van der Waals surface area contributed by atoms with Crippen LogP contribution in [0.1, 0.15) is 192 Å². The van der Waals surface area contributed by atoms with Crippen LogP contribution in [0.3, 0.4) is 0 Å². The lowest BCUT2D eigenvalue weighted by Gasteiger charge is -2.36. The van der Waals surface area contributed by atoms with Crippen molar-refractivity contribution in [1.29, 1.82) is 0 Å². The summed E-state index contributed by atoms with van der Waals surface area (Å²) in [7, 11) is 17.0. The number of halogens is 1. The molecule has 3 radical (unpaired) electrons. The fourth-order valence-corrected chi connectivity index (χ4v) is 15.3. The number of carbonyl (C=O) groups is 15. The number of aliphatic hydroxyl groups excluding tert-OH is 1. The highest BCUT2D eigenvalue weighted by atomic mass is 79.9. The maximum atomic E-state index is 13.1. The van der Waals surface area contributed by atoms with Crippen molar-refractivity contribution in [3.8, 4) is 23.0 Å². The van der Waals surface area contributed by atoms with Gasteiger partial charge in [-0.1, -0.05) is 152 Å². The Morgan fingerprint density at radius 2 is 0.818 bits per heavy atom. The van der Waals surface area contributed by atoms with Gasteiger partial charge in [0.15, 0.2) is 0 Å². The topological polar surface area (TPSA) is 562 Å². The Bertz CT molecular complexity index is 4780. The van der Waals surface area contributed by atoms with Gasteiger partial charge in [0.1, 0.15) is 45.4 Å². The Balaban J connectivity index is -0.000000388. The molecule has 0 spiro atoms. The summed E-state index contributed by atoms with van der Waals surface area (Å²) < 4.78 is 59.6. The average molecular weight is 2160 g/mol. The minimum Gasteiger partial charge on any atom is -0.497 e. The van der Waals surface area contributed by atoms with Crippen LogP contribution in [0.4, 0.5) is 0 Å². The van der Waals surface area contributed by atoms with Gasteiger partial charge in [0.25, 0.3) is 5.91 Å². The molecule has 827 valence electrons. The van der Waals surface area contributed by atoms with Crippen molar-refractivity contribution in [3.63, 3.8) is 0 Å². The van der Waals surface area contributed by atoms with Gasteiger partial charge in [0, 0.05) is 129 Å². The van der Waals surface area contributed by atoms with Gasteiger partial charge in [-0.15, -0.1) is 0 Å². The largest absolute Gasteiger partial charge is 0.497 e. The number of alkyl halides is 1. The summed E-state index contributed by atoms with van der Waals surface area (Å²) >= 11 is 3.17. The van der Waals surface area contributed by atoms with E-state index < -0.39 is 82.3 Å². The highest BCUT2D eigenvalue weighted by Gasteiger charge is 2.65. The molecule has 4 aliphatic heterocycles. The van der Waals surface area contributed by atoms with Crippen LogP contribution in [-0.2, 0) is 165 Å². The zero-order chi connectivity index (χ0) is 113. The molecule has 0 aliphatic carbocycles. The molecule has 148 heavy (non-hydrogen) atoms. The molecule has 10 unspecified atom stereocenters. The van der Waals surface area contributed by atoms with E-state index in [1.54, 1.807) is 154 Å². The fraction of sp³-hybridized carbons (Fsp3) is 0.573. The predicted molar refractivity (Wildman–Crippen MR) is 544 cm³/mol. The number of benzene rings is 4. The lowest BCUT2D eigenvalue weighted by atomic mass is 9.85. The van der Waals surface area contributed by atoms with Gasteiger partial charge < -0.3 is 103 Å². The molecule has 6 amide bonds. The molecule has 10 atom stereocenters. The zero-order valence-electron chi connectivity index (χ0n) is 89.6. The van der Waals surface area contributed by atoms with Gasteiger partial charge in [-0.2, -0.15) is 28.8 Å². The third-order valence-electron chi connectivity index (χ3n) is 22.9. The highest BCUT2D eigenvalue weighted by Crippen LogP contribution is 2.41. The summed E-state index contributed by atoms with van der Waals surface area (Å²) in [5.41, 5.74) is -2.26. The third-order valence-corrected chi connectivity index (χ3v) is 24.0. The number of nitrogens with one attached hydrogen (secondary N) is 3. The second-order valence-electron chi connectivity index (χ2n) is 31.7. The van der Waals surface area contributed by atoms with Gasteiger partial charge in [0.05, 0.1) is 88.4 Å². The molecule has 0 bridgehead atoms. The molecule has 4 aromatic carbocycles. The summed E-state index contributed by atoms with van der Waals surface area (Å²) in [6, 6.07) is 30.9. The normalized spacial score (nSPS) is 17.8. The third kappa shape index (κ3) is 43.8. The number of hydrogen-bond acceptors (Lipinski definition) is 36. The molecule has 43 nitrogen and oxygen atoms in total. The van der Waals surface area contributed by atoms with Gasteiger partial charge in [-0.3, -0.25) is 48.1 Å². The number of carbonyl (C=O) groups excluding carboxylic acids is 20. The molecule has 0 saturated carbocycles. The van der Waals surface area contributed by atoms with Crippen LogP contribution >= 0.6 is 15.9 Å². The van der Waals surface area contributed by atoms with E-state index in [4.69, 9.17) is 80.9 Å². The van der Waals surface area contributed by atoms with E-state index in [9.17, 15) is 82.1 Å². The number of methoxy groups -OCH3 is 5. The van der Waals surface area contributed by atoms with E-state index in [2.05, 4.69) is 86.0 Å². The standard InChI is InChI=1S/C19H26N2O6.C17H24N2O5.C14H21NO2.C12H19NO5.C10H15NO5.C9H12.C7H15NO2.C6H11BrO2.C5H8O2.3CO2.CH4.B/c1-6-27-18(24)19(12(2)9-16(22)21(19)3)17(23)20-11-13-7-8-14(25-4)10-15(13)26-5;1-11-7-15(21)19(2)17(11,10-20)16(22)18-9-12-5-6-13(23-3)8-14(12)24-4;1-4-13(14(16)17-5-2)15(3)11-12-9-7-6-8-10-12;1-5-17-10(15)12(11(16)18-6-2)8(3)7-9(14)13(12)4;1-4-16-9(15)10(8(13)14)6(2)5-7(12)11(10)3;1-2-6-9-7-4-3-5-8-9;1-4-6(8-3)7(9)10-5-2;1-3-5(7)6(8)9-4-2;1-3-4-5(6)7-2;3*2-1-3;;/h7-8,10,12H,6,9,11H2,1-5H3,(H,20,23);5-6,8,11,20H,7,9-10H2,1-4H3,(H,18,22);6-10,13H,4-5,11H2,1-3H3;8H,5-7H2,1-4H3;6H,4-5H2,1-3H3,(H,13,14);3-5,7-8H,2,6H2,1H3;6,8H,4-5H2,1-3H3;5H,3-4H2,1-2H3;3-4H,1-2H3;;;;1H4;/b;;;;;;;;4-3+;;;;;. The summed E-state index contributed by atoms with van der Waals surface area (Å²) in [5.74, 6) is -6.52. The van der Waals surface area contributed by atoms with Gasteiger partial charge >= 0.3 is 72.2 Å². The number of amides is 6. The average Bonchev–Trinajstić information content (AvgIpc) is 1.59. The summed E-state index contributed by atoms with van der Waals surface area (Å²) in [5, 5.41) is 27.5. The van der Waals surface area contributed by atoms with Crippen molar-refractivity contribution in [1.82, 2.24) is 40.4 Å².